The van der Waals surface area contributed by atoms with E-state index in [1.54, 1.807) is 0 Å². The number of amides is 1. The van der Waals surface area contributed by atoms with Gasteiger partial charge in [-0.25, -0.2) is 4.98 Å². The van der Waals surface area contributed by atoms with Gasteiger partial charge in [-0.15, -0.1) is 11.3 Å². The molecule has 1 aromatic heterocycles. The number of carbonyl (C=O) groups is 1. The van der Waals surface area contributed by atoms with Gasteiger partial charge in [0, 0.05) is 17.8 Å². The Morgan fingerprint density at radius 2 is 2.04 bits per heavy atom. The number of fused-ring (bicyclic) bond motifs is 1. The zero-order valence-electron chi connectivity index (χ0n) is 13.2. The predicted molar refractivity (Wildman–Crippen MR) is 92.0 cm³/mol. The number of nitrogens with one attached hydrogen (secondary N) is 1. The van der Waals surface area contributed by atoms with Crippen molar-refractivity contribution in [2.45, 2.75) is 38.5 Å². The van der Waals surface area contributed by atoms with Crippen LogP contribution in [-0.2, 0) is 24.1 Å². The molecule has 1 heterocycles. The molecule has 0 fully saturated rings. The van der Waals surface area contributed by atoms with Crippen molar-refractivity contribution in [3.63, 3.8) is 0 Å². The molecule has 0 saturated carbocycles. The molecule has 0 radical (unpaired) electrons. The normalized spacial score (nSPS) is 13.4. The van der Waals surface area contributed by atoms with Gasteiger partial charge in [-0.3, -0.25) is 4.79 Å². The predicted octanol–water partition coefficient (Wildman–Crippen LogP) is 3.15. The van der Waals surface area contributed by atoms with E-state index in [1.807, 2.05) is 41.7 Å². The summed E-state index contributed by atoms with van der Waals surface area (Å²) in [6.07, 6.45) is 6.76. The highest BCUT2D eigenvalue weighted by atomic mass is 32.1. The van der Waals surface area contributed by atoms with E-state index in [1.165, 1.54) is 34.8 Å². The highest BCUT2D eigenvalue weighted by molar-refractivity contribution is 7.11. The average Bonchev–Trinajstić information content (AvgIpc) is 3.00. The fourth-order valence-electron chi connectivity index (χ4n) is 2.70. The van der Waals surface area contributed by atoms with Crippen LogP contribution in [-0.4, -0.2) is 24.0 Å². The number of hydrogen-bond acceptors (Lipinski definition) is 4. The summed E-state index contributed by atoms with van der Waals surface area (Å²) in [7, 11) is 0. The standard InChI is InChI=1S/C18H22N2O2S/c21-17(13-22-14-7-2-1-3-8-14)19-12-6-11-18-20-15-9-4-5-10-16(15)23-18/h1-3,7-8H,4-6,9-13H2,(H,19,21). The molecule has 1 aliphatic rings. The number of rotatable bonds is 7. The van der Waals surface area contributed by atoms with Crippen molar-refractivity contribution in [2.75, 3.05) is 13.2 Å². The van der Waals surface area contributed by atoms with Crippen LogP contribution in [0, 0.1) is 0 Å². The molecule has 1 amide bonds. The molecule has 0 spiro atoms. The Balaban J connectivity index is 1.33. The van der Waals surface area contributed by atoms with Gasteiger partial charge in [0.1, 0.15) is 5.75 Å². The molecule has 3 rings (SSSR count). The first-order valence-corrected chi connectivity index (χ1v) is 9.05. The molecule has 122 valence electrons. The highest BCUT2D eigenvalue weighted by Crippen LogP contribution is 2.27. The Kier molecular flexibility index (Phi) is 5.64. The average molecular weight is 330 g/mol. The van der Waals surface area contributed by atoms with Crippen LogP contribution in [0.25, 0.3) is 0 Å². The van der Waals surface area contributed by atoms with Crippen molar-refractivity contribution >= 4 is 17.2 Å². The maximum Gasteiger partial charge on any atom is 0.257 e. The minimum absolute atomic E-state index is 0.0650. The minimum atomic E-state index is -0.0766. The Labute approximate surface area is 140 Å². The summed E-state index contributed by atoms with van der Waals surface area (Å²) in [6.45, 7) is 0.733. The van der Waals surface area contributed by atoms with Crippen LogP contribution in [0.5, 0.6) is 5.75 Å². The molecule has 0 bridgehead atoms. The van der Waals surface area contributed by atoms with Crippen molar-refractivity contribution < 1.29 is 9.53 Å². The molecule has 23 heavy (non-hydrogen) atoms. The van der Waals surface area contributed by atoms with Crippen molar-refractivity contribution in [1.82, 2.24) is 10.3 Å². The first kappa shape index (κ1) is 16.0. The number of nitrogens with zero attached hydrogens (tertiary/aromatic N) is 1. The molecule has 0 atom stereocenters. The van der Waals surface area contributed by atoms with Crippen molar-refractivity contribution in [2.24, 2.45) is 0 Å². The van der Waals surface area contributed by atoms with Crippen molar-refractivity contribution in [1.29, 1.82) is 0 Å². The summed E-state index contributed by atoms with van der Waals surface area (Å²) in [4.78, 5) is 17.9. The number of thiazole rings is 1. The van der Waals surface area contributed by atoms with E-state index in [0.717, 1.165) is 25.0 Å². The molecule has 2 aromatic rings. The quantitative estimate of drug-likeness (QED) is 0.794. The van der Waals surface area contributed by atoms with E-state index in [0.29, 0.717) is 6.54 Å². The molecule has 5 heteroatoms. The number of carbonyl (C=O) groups excluding carboxylic acids is 1. The first-order chi connectivity index (χ1) is 11.3. The van der Waals surface area contributed by atoms with Gasteiger partial charge in [0.25, 0.3) is 5.91 Å². The number of para-hydroxylation sites is 1. The third kappa shape index (κ3) is 4.79. The lowest BCUT2D eigenvalue weighted by molar-refractivity contribution is -0.123. The Morgan fingerprint density at radius 1 is 1.22 bits per heavy atom. The molecule has 0 unspecified atom stereocenters. The van der Waals surface area contributed by atoms with Crippen LogP contribution in [0.4, 0.5) is 0 Å². The molecule has 0 saturated heterocycles. The Hall–Kier alpha value is -1.88. The molecule has 1 aliphatic carbocycles. The third-order valence-electron chi connectivity index (χ3n) is 3.89. The summed E-state index contributed by atoms with van der Waals surface area (Å²) >= 11 is 1.85. The van der Waals surface area contributed by atoms with Crippen LogP contribution in [0.2, 0.25) is 0 Å². The fraction of sp³-hybridized carbons (Fsp3) is 0.444. The van der Waals surface area contributed by atoms with Gasteiger partial charge in [0.05, 0.1) is 10.7 Å². The summed E-state index contributed by atoms with van der Waals surface area (Å²) in [5.74, 6) is 0.642. The first-order valence-electron chi connectivity index (χ1n) is 8.23. The second kappa shape index (κ2) is 8.11. The van der Waals surface area contributed by atoms with E-state index < -0.39 is 0 Å². The van der Waals surface area contributed by atoms with Gasteiger partial charge in [0.2, 0.25) is 0 Å². The maximum absolute atomic E-state index is 11.7. The van der Waals surface area contributed by atoms with Gasteiger partial charge in [-0.1, -0.05) is 18.2 Å². The van der Waals surface area contributed by atoms with E-state index in [-0.39, 0.29) is 12.5 Å². The lowest BCUT2D eigenvalue weighted by Gasteiger charge is -2.07. The fourth-order valence-corrected chi connectivity index (χ4v) is 3.90. The van der Waals surface area contributed by atoms with Gasteiger partial charge in [0.15, 0.2) is 6.61 Å². The van der Waals surface area contributed by atoms with Crippen molar-refractivity contribution in [3.05, 3.63) is 45.9 Å². The molecular formula is C18H22N2O2S. The van der Waals surface area contributed by atoms with Crippen LogP contribution in [0.1, 0.15) is 34.8 Å². The summed E-state index contributed by atoms with van der Waals surface area (Å²) in [5, 5.41) is 4.11. The van der Waals surface area contributed by atoms with Crippen molar-refractivity contribution in [3.8, 4) is 5.75 Å². The Morgan fingerprint density at radius 3 is 2.87 bits per heavy atom. The van der Waals surface area contributed by atoms with Gasteiger partial charge < -0.3 is 10.1 Å². The molecule has 4 nitrogen and oxygen atoms in total. The lowest BCUT2D eigenvalue weighted by atomic mass is 10.0. The number of aromatic nitrogens is 1. The highest BCUT2D eigenvalue weighted by Gasteiger charge is 2.14. The monoisotopic (exact) mass is 330 g/mol. The van der Waals surface area contributed by atoms with Gasteiger partial charge >= 0.3 is 0 Å². The zero-order chi connectivity index (χ0) is 15.9. The van der Waals surface area contributed by atoms with E-state index in [9.17, 15) is 4.79 Å². The molecule has 1 aromatic carbocycles. The topological polar surface area (TPSA) is 51.2 Å². The smallest absolute Gasteiger partial charge is 0.257 e. The van der Waals surface area contributed by atoms with Crippen LogP contribution < -0.4 is 10.1 Å². The SMILES string of the molecule is O=C(COc1ccccc1)NCCCc1nc2c(s1)CCCC2. The second-order valence-electron chi connectivity index (χ2n) is 5.74. The minimum Gasteiger partial charge on any atom is -0.484 e. The molecular weight excluding hydrogens is 308 g/mol. The van der Waals surface area contributed by atoms with E-state index in [4.69, 9.17) is 9.72 Å². The maximum atomic E-state index is 11.7. The van der Waals surface area contributed by atoms with E-state index >= 15 is 0 Å². The number of aryl methyl sites for hydroxylation is 3. The number of benzene rings is 1. The summed E-state index contributed by atoms with van der Waals surface area (Å²) in [6, 6.07) is 9.39. The Bertz CT molecular complexity index is 616. The second-order valence-corrected chi connectivity index (χ2v) is 6.91. The largest absolute Gasteiger partial charge is 0.484 e. The number of hydrogen-bond donors (Lipinski definition) is 1. The van der Waals surface area contributed by atoms with E-state index in [2.05, 4.69) is 5.32 Å². The number of ether oxygens (including phenoxy) is 1. The summed E-state index contributed by atoms with van der Waals surface area (Å²) < 4.78 is 5.42. The van der Waals surface area contributed by atoms with Gasteiger partial charge in [-0.05, 0) is 44.2 Å². The van der Waals surface area contributed by atoms with Crippen LogP contribution in [0.3, 0.4) is 0 Å². The zero-order valence-corrected chi connectivity index (χ0v) is 14.0. The molecule has 1 N–H and O–H groups in total. The van der Waals surface area contributed by atoms with Gasteiger partial charge in [-0.2, -0.15) is 0 Å². The lowest BCUT2D eigenvalue weighted by Crippen LogP contribution is -2.29. The molecule has 0 aliphatic heterocycles. The third-order valence-corrected chi connectivity index (χ3v) is 5.11. The summed E-state index contributed by atoms with van der Waals surface area (Å²) in [5.41, 5.74) is 1.32. The van der Waals surface area contributed by atoms with Crippen LogP contribution >= 0.6 is 11.3 Å². The van der Waals surface area contributed by atoms with Crippen LogP contribution in [0.15, 0.2) is 30.3 Å².